The zero-order valence-electron chi connectivity index (χ0n) is 11.4. The van der Waals surface area contributed by atoms with Crippen molar-refractivity contribution in [1.82, 2.24) is 9.78 Å². The van der Waals surface area contributed by atoms with Crippen LogP contribution in [0.3, 0.4) is 0 Å². The molecule has 0 amide bonds. The summed E-state index contributed by atoms with van der Waals surface area (Å²) in [5, 5.41) is 4.67. The van der Waals surface area contributed by atoms with E-state index in [1.807, 2.05) is 6.07 Å². The van der Waals surface area contributed by atoms with Gasteiger partial charge in [-0.25, -0.2) is 0 Å². The molecule has 0 fully saturated rings. The first-order valence-corrected chi connectivity index (χ1v) is 6.59. The van der Waals surface area contributed by atoms with E-state index in [1.165, 1.54) is 5.56 Å². The number of aromatic nitrogens is 2. The predicted molar refractivity (Wildman–Crippen MR) is 75.7 cm³/mol. The Morgan fingerprint density at radius 3 is 2.39 bits per heavy atom. The van der Waals surface area contributed by atoms with Gasteiger partial charge in [-0.3, -0.25) is 4.68 Å². The second-order valence-corrected chi connectivity index (χ2v) is 4.55. The van der Waals surface area contributed by atoms with Gasteiger partial charge < -0.3 is 5.73 Å². The third-order valence-electron chi connectivity index (χ3n) is 3.45. The summed E-state index contributed by atoms with van der Waals surface area (Å²) in [5.41, 5.74) is 10.4. The third-order valence-corrected chi connectivity index (χ3v) is 3.45. The maximum Gasteiger partial charge on any atom is 0.0854 e. The number of nitrogens with zero attached hydrogens (tertiary/aromatic N) is 2. The third kappa shape index (κ3) is 2.13. The fourth-order valence-corrected chi connectivity index (χ4v) is 2.34. The van der Waals surface area contributed by atoms with Crippen molar-refractivity contribution in [2.75, 3.05) is 5.73 Å². The lowest BCUT2D eigenvalue weighted by molar-refractivity contribution is 0.536. The Bertz CT molecular complexity index is 514. The van der Waals surface area contributed by atoms with Gasteiger partial charge in [-0.2, -0.15) is 5.10 Å². The molecule has 1 aromatic carbocycles. The van der Waals surface area contributed by atoms with Crippen LogP contribution >= 0.6 is 0 Å². The standard InChI is InChI=1S/C15H21N3/c1-4-13-15(16)14(5-2)18(17-13)11(3)12-9-7-6-8-10-12/h6-11H,4-5,16H2,1-3H3. The molecule has 0 aliphatic heterocycles. The van der Waals surface area contributed by atoms with E-state index < -0.39 is 0 Å². The van der Waals surface area contributed by atoms with Gasteiger partial charge in [0.05, 0.1) is 23.1 Å². The first-order chi connectivity index (χ1) is 8.69. The van der Waals surface area contributed by atoms with Crippen molar-refractivity contribution in [1.29, 1.82) is 0 Å². The molecule has 1 atom stereocenters. The van der Waals surface area contributed by atoms with Crippen LogP contribution in [0.25, 0.3) is 0 Å². The number of benzene rings is 1. The molecule has 2 rings (SSSR count). The lowest BCUT2D eigenvalue weighted by Gasteiger charge is -2.15. The lowest BCUT2D eigenvalue weighted by Crippen LogP contribution is -2.12. The Morgan fingerprint density at radius 2 is 1.83 bits per heavy atom. The van der Waals surface area contributed by atoms with Crippen LogP contribution in [0, 0.1) is 0 Å². The van der Waals surface area contributed by atoms with E-state index in [2.05, 4.69) is 54.8 Å². The van der Waals surface area contributed by atoms with Crippen LogP contribution in [-0.4, -0.2) is 9.78 Å². The molecule has 0 spiro atoms. The van der Waals surface area contributed by atoms with Crippen molar-refractivity contribution in [3.05, 3.63) is 47.3 Å². The zero-order valence-corrected chi connectivity index (χ0v) is 11.4. The van der Waals surface area contributed by atoms with Crippen LogP contribution in [0.1, 0.15) is 43.8 Å². The molecule has 0 aliphatic rings. The van der Waals surface area contributed by atoms with E-state index in [-0.39, 0.29) is 6.04 Å². The second kappa shape index (κ2) is 5.25. The summed E-state index contributed by atoms with van der Waals surface area (Å²) >= 11 is 0. The van der Waals surface area contributed by atoms with Crippen LogP contribution in [0.5, 0.6) is 0 Å². The zero-order chi connectivity index (χ0) is 13.1. The first kappa shape index (κ1) is 12.7. The molecule has 0 radical (unpaired) electrons. The van der Waals surface area contributed by atoms with Crippen LogP contribution in [0.15, 0.2) is 30.3 Å². The van der Waals surface area contributed by atoms with Gasteiger partial charge in [-0.1, -0.05) is 44.2 Å². The summed E-state index contributed by atoms with van der Waals surface area (Å²) in [5.74, 6) is 0. The summed E-state index contributed by atoms with van der Waals surface area (Å²) in [6.45, 7) is 6.39. The molecule has 0 saturated heterocycles. The van der Waals surface area contributed by atoms with Crippen molar-refractivity contribution < 1.29 is 0 Å². The summed E-state index contributed by atoms with van der Waals surface area (Å²) in [6.07, 6.45) is 1.79. The molecule has 2 N–H and O–H groups in total. The number of aryl methyl sites for hydroxylation is 1. The van der Waals surface area contributed by atoms with E-state index >= 15 is 0 Å². The van der Waals surface area contributed by atoms with Gasteiger partial charge in [0.25, 0.3) is 0 Å². The fraction of sp³-hybridized carbons (Fsp3) is 0.400. The summed E-state index contributed by atoms with van der Waals surface area (Å²) < 4.78 is 2.07. The molecule has 18 heavy (non-hydrogen) atoms. The summed E-state index contributed by atoms with van der Waals surface area (Å²) in [6, 6.07) is 10.6. The Hall–Kier alpha value is -1.77. The van der Waals surface area contributed by atoms with Crippen molar-refractivity contribution in [3.8, 4) is 0 Å². The van der Waals surface area contributed by atoms with Crippen LogP contribution in [-0.2, 0) is 12.8 Å². The van der Waals surface area contributed by atoms with Gasteiger partial charge in [0, 0.05) is 0 Å². The Kier molecular flexibility index (Phi) is 3.70. The average Bonchev–Trinajstić information content (AvgIpc) is 2.75. The molecule has 1 aromatic heterocycles. The topological polar surface area (TPSA) is 43.8 Å². The van der Waals surface area contributed by atoms with E-state index in [1.54, 1.807) is 0 Å². The van der Waals surface area contributed by atoms with Gasteiger partial charge in [-0.05, 0) is 25.3 Å². The predicted octanol–water partition coefficient (Wildman–Crippen LogP) is 3.20. The molecule has 1 unspecified atom stereocenters. The Labute approximate surface area is 109 Å². The number of hydrogen-bond acceptors (Lipinski definition) is 2. The van der Waals surface area contributed by atoms with Gasteiger partial charge in [-0.15, -0.1) is 0 Å². The molecular weight excluding hydrogens is 222 g/mol. The number of anilines is 1. The highest BCUT2D eigenvalue weighted by Crippen LogP contribution is 2.25. The Morgan fingerprint density at radius 1 is 1.17 bits per heavy atom. The van der Waals surface area contributed by atoms with E-state index in [0.29, 0.717) is 0 Å². The second-order valence-electron chi connectivity index (χ2n) is 4.55. The molecule has 1 heterocycles. The van der Waals surface area contributed by atoms with E-state index in [4.69, 9.17) is 5.73 Å². The molecule has 0 saturated carbocycles. The molecule has 2 aromatic rings. The smallest absolute Gasteiger partial charge is 0.0854 e. The minimum Gasteiger partial charge on any atom is -0.396 e. The number of nitrogen functional groups attached to an aromatic ring is 1. The van der Waals surface area contributed by atoms with Crippen molar-refractivity contribution >= 4 is 5.69 Å². The average molecular weight is 243 g/mol. The highest BCUT2D eigenvalue weighted by atomic mass is 15.3. The van der Waals surface area contributed by atoms with Crippen molar-refractivity contribution in [3.63, 3.8) is 0 Å². The monoisotopic (exact) mass is 243 g/mol. The molecule has 0 bridgehead atoms. The highest BCUT2D eigenvalue weighted by Gasteiger charge is 2.17. The molecule has 3 heteroatoms. The van der Waals surface area contributed by atoms with E-state index in [9.17, 15) is 0 Å². The molecular formula is C15H21N3. The number of rotatable bonds is 4. The van der Waals surface area contributed by atoms with Gasteiger partial charge in [0.2, 0.25) is 0 Å². The number of hydrogen-bond donors (Lipinski definition) is 1. The summed E-state index contributed by atoms with van der Waals surface area (Å²) in [7, 11) is 0. The van der Waals surface area contributed by atoms with Gasteiger partial charge in [0.1, 0.15) is 0 Å². The highest BCUT2D eigenvalue weighted by molar-refractivity contribution is 5.49. The maximum atomic E-state index is 6.16. The lowest BCUT2D eigenvalue weighted by atomic mass is 10.1. The minimum atomic E-state index is 0.226. The normalized spacial score (nSPS) is 12.6. The van der Waals surface area contributed by atoms with Crippen molar-refractivity contribution in [2.45, 2.75) is 39.7 Å². The van der Waals surface area contributed by atoms with Crippen LogP contribution in [0.2, 0.25) is 0 Å². The fourth-order valence-electron chi connectivity index (χ4n) is 2.34. The maximum absolute atomic E-state index is 6.16. The molecule has 96 valence electrons. The first-order valence-electron chi connectivity index (χ1n) is 6.59. The van der Waals surface area contributed by atoms with Crippen LogP contribution < -0.4 is 5.73 Å². The van der Waals surface area contributed by atoms with Gasteiger partial charge >= 0.3 is 0 Å². The number of nitrogens with two attached hydrogens (primary N) is 1. The Balaban J connectivity index is 2.45. The quantitative estimate of drug-likeness (QED) is 0.896. The summed E-state index contributed by atoms with van der Waals surface area (Å²) in [4.78, 5) is 0. The van der Waals surface area contributed by atoms with Crippen LogP contribution in [0.4, 0.5) is 5.69 Å². The minimum absolute atomic E-state index is 0.226. The molecule has 0 aliphatic carbocycles. The SMILES string of the molecule is CCc1nn(C(C)c2ccccc2)c(CC)c1N. The van der Waals surface area contributed by atoms with Crippen molar-refractivity contribution in [2.24, 2.45) is 0 Å². The largest absolute Gasteiger partial charge is 0.396 e. The van der Waals surface area contributed by atoms with E-state index in [0.717, 1.165) is 29.9 Å². The molecule has 3 nitrogen and oxygen atoms in total. The van der Waals surface area contributed by atoms with Gasteiger partial charge in [0.15, 0.2) is 0 Å².